The van der Waals surface area contributed by atoms with Gasteiger partial charge in [-0.25, -0.2) is 16.8 Å². The molecule has 1 aliphatic heterocycles. The molecule has 27 heavy (non-hydrogen) atoms. The van der Waals surface area contributed by atoms with Crippen molar-refractivity contribution in [3.8, 4) is 0 Å². The van der Waals surface area contributed by atoms with E-state index in [2.05, 4.69) is 4.72 Å². The lowest BCUT2D eigenvalue weighted by Gasteiger charge is -2.21. The molecule has 2 aromatic rings. The van der Waals surface area contributed by atoms with Gasteiger partial charge in [-0.1, -0.05) is 17.7 Å². The first-order chi connectivity index (χ1) is 12.6. The number of hydrogen-bond acceptors (Lipinski definition) is 4. The highest BCUT2D eigenvalue weighted by atomic mass is 32.2. The van der Waals surface area contributed by atoms with E-state index in [0.717, 1.165) is 23.1 Å². The molecule has 0 spiro atoms. The van der Waals surface area contributed by atoms with Crippen LogP contribution in [0.3, 0.4) is 0 Å². The van der Waals surface area contributed by atoms with Crippen molar-refractivity contribution in [2.24, 2.45) is 7.05 Å². The van der Waals surface area contributed by atoms with Gasteiger partial charge in [-0.3, -0.25) is 4.72 Å². The van der Waals surface area contributed by atoms with Crippen molar-refractivity contribution in [2.75, 3.05) is 19.3 Å². The van der Waals surface area contributed by atoms with Gasteiger partial charge in [0.15, 0.2) is 0 Å². The van der Waals surface area contributed by atoms with E-state index in [1.54, 1.807) is 24.3 Å². The van der Waals surface area contributed by atoms with Crippen LogP contribution in [0, 0.1) is 6.92 Å². The molecule has 7 nitrogen and oxygen atoms in total. The first kappa shape index (κ1) is 19.7. The van der Waals surface area contributed by atoms with E-state index in [9.17, 15) is 16.8 Å². The minimum atomic E-state index is -3.69. The van der Waals surface area contributed by atoms with Crippen LogP contribution in [0.25, 0.3) is 5.57 Å². The molecule has 0 saturated heterocycles. The molecule has 1 aromatic carbocycles. The van der Waals surface area contributed by atoms with E-state index in [0.29, 0.717) is 18.5 Å². The molecule has 0 unspecified atom stereocenters. The molecule has 1 aliphatic rings. The Morgan fingerprint density at radius 2 is 1.74 bits per heavy atom. The van der Waals surface area contributed by atoms with Gasteiger partial charge in [0, 0.05) is 50.2 Å². The third-order valence-corrected chi connectivity index (χ3v) is 7.00. The number of rotatable bonds is 4. The fourth-order valence-corrected chi connectivity index (χ4v) is 4.89. The predicted octanol–water partition coefficient (Wildman–Crippen LogP) is 1.47. The summed E-state index contributed by atoms with van der Waals surface area (Å²) < 4.78 is 55.0. The zero-order valence-electron chi connectivity index (χ0n) is 15.5. The van der Waals surface area contributed by atoms with Crippen LogP contribution < -0.4 is 4.72 Å². The topological polar surface area (TPSA) is 88.5 Å². The predicted molar refractivity (Wildman–Crippen MR) is 105 cm³/mol. The molecule has 0 saturated carbocycles. The van der Waals surface area contributed by atoms with E-state index in [1.807, 2.05) is 30.8 Å². The van der Waals surface area contributed by atoms with E-state index >= 15 is 0 Å². The van der Waals surface area contributed by atoms with Crippen molar-refractivity contribution >= 4 is 25.6 Å². The maximum absolute atomic E-state index is 13.1. The first-order valence-corrected chi connectivity index (χ1v) is 11.8. The number of nitrogens with one attached hydrogen (secondary N) is 1. The number of nitrogens with zero attached hydrogens (tertiary/aromatic N) is 2. The minimum Gasteiger partial charge on any atom is -0.354 e. The summed E-state index contributed by atoms with van der Waals surface area (Å²) in [5.41, 5.74) is 3.42. The molecular formula is C18H23N3O4S2. The molecule has 0 fully saturated rings. The Labute approximate surface area is 160 Å². The van der Waals surface area contributed by atoms with Gasteiger partial charge in [-0.05, 0) is 30.7 Å². The summed E-state index contributed by atoms with van der Waals surface area (Å²) in [5.74, 6) is 0. The summed E-state index contributed by atoms with van der Waals surface area (Å²) in [6.45, 7) is 2.31. The van der Waals surface area contributed by atoms with Crippen LogP contribution >= 0.6 is 0 Å². The number of benzene rings is 1. The highest BCUT2D eigenvalue weighted by molar-refractivity contribution is 7.89. The molecule has 0 aliphatic carbocycles. The van der Waals surface area contributed by atoms with E-state index < -0.39 is 20.0 Å². The smallest absolute Gasteiger partial charge is 0.243 e. The average Bonchev–Trinajstić information content (AvgIpc) is 2.84. The Morgan fingerprint density at radius 1 is 1.07 bits per heavy atom. The quantitative estimate of drug-likeness (QED) is 0.828. The summed E-state index contributed by atoms with van der Waals surface area (Å²) >= 11 is 0. The molecule has 2 heterocycles. The molecule has 0 amide bonds. The second-order valence-corrected chi connectivity index (χ2v) is 10.5. The SMILES string of the molecule is Cc1ccc(S(=O)(=O)N2CCc3c(ccn3C)/C(=C/NS(C)(=O)=O)C2)cc1. The van der Waals surface area contributed by atoms with Crippen molar-refractivity contribution in [1.82, 2.24) is 13.6 Å². The van der Waals surface area contributed by atoms with Crippen molar-refractivity contribution < 1.29 is 16.8 Å². The molecule has 3 rings (SSSR count). The monoisotopic (exact) mass is 409 g/mol. The maximum atomic E-state index is 13.1. The van der Waals surface area contributed by atoms with Crippen LogP contribution in [0.4, 0.5) is 0 Å². The molecule has 0 bridgehead atoms. The highest BCUT2D eigenvalue weighted by Crippen LogP contribution is 2.28. The standard InChI is InChI=1S/C18H23N3O4S2/c1-14-4-6-16(7-5-14)27(24,25)21-11-9-18-17(8-10-20(18)2)15(13-21)12-19-26(3,22)23/h4-8,10,12,19H,9,11,13H2,1-3H3/b15-12+. The van der Waals surface area contributed by atoms with Crippen LogP contribution in [0.2, 0.25) is 0 Å². The number of aromatic nitrogens is 1. The van der Waals surface area contributed by atoms with Gasteiger partial charge >= 0.3 is 0 Å². The van der Waals surface area contributed by atoms with Crippen molar-refractivity contribution in [1.29, 1.82) is 0 Å². The van der Waals surface area contributed by atoms with Crippen molar-refractivity contribution in [3.05, 3.63) is 59.5 Å². The van der Waals surface area contributed by atoms with Crippen LogP contribution in [-0.2, 0) is 33.5 Å². The van der Waals surface area contributed by atoms with Crippen LogP contribution in [0.5, 0.6) is 0 Å². The lowest BCUT2D eigenvalue weighted by atomic mass is 10.1. The van der Waals surface area contributed by atoms with Gasteiger partial charge in [0.2, 0.25) is 20.0 Å². The Bertz CT molecular complexity index is 1080. The molecule has 0 radical (unpaired) electrons. The van der Waals surface area contributed by atoms with E-state index in [1.165, 1.54) is 10.5 Å². The lowest BCUT2D eigenvalue weighted by Crippen LogP contribution is -2.33. The Kier molecular flexibility index (Phi) is 5.20. The number of fused-ring (bicyclic) bond motifs is 1. The Balaban J connectivity index is 2.01. The lowest BCUT2D eigenvalue weighted by molar-refractivity contribution is 0.450. The van der Waals surface area contributed by atoms with E-state index in [-0.39, 0.29) is 11.4 Å². The second-order valence-electron chi connectivity index (χ2n) is 6.75. The van der Waals surface area contributed by atoms with Crippen LogP contribution in [0.15, 0.2) is 47.6 Å². The fourth-order valence-electron chi connectivity index (χ4n) is 3.12. The summed E-state index contributed by atoms with van der Waals surface area (Å²) in [6, 6.07) is 8.61. The van der Waals surface area contributed by atoms with Crippen LogP contribution in [-0.4, -0.2) is 45.1 Å². The Hall–Kier alpha value is -2.10. The third kappa shape index (κ3) is 4.26. The highest BCUT2D eigenvalue weighted by Gasteiger charge is 2.29. The molecule has 146 valence electrons. The molecule has 1 N–H and O–H groups in total. The van der Waals surface area contributed by atoms with E-state index in [4.69, 9.17) is 0 Å². The fraction of sp³-hybridized carbons (Fsp3) is 0.333. The first-order valence-electron chi connectivity index (χ1n) is 8.46. The number of aryl methyl sites for hydroxylation is 2. The Morgan fingerprint density at radius 3 is 2.37 bits per heavy atom. The number of hydrogen-bond donors (Lipinski definition) is 1. The van der Waals surface area contributed by atoms with Crippen LogP contribution in [0.1, 0.15) is 16.8 Å². The molecule has 0 atom stereocenters. The maximum Gasteiger partial charge on any atom is 0.243 e. The zero-order valence-corrected chi connectivity index (χ0v) is 17.1. The summed E-state index contributed by atoms with van der Waals surface area (Å²) in [5, 5.41) is 0. The van der Waals surface area contributed by atoms with Gasteiger partial charge in [0.05, 0.1) is 11.2 Å². The molecule has 1 aromatic heterocycles. The normalized spacial score (nSPS) is 17.5. The molecular weight excluding hydrogens is 386 g/mol. The van der Waals surface area contributed by atoms with Gasteiger partial charge in [0.1, 0.15) is 0 Å². The van der Waals surface area contributed by atoms with Crippen molar-refractivity contribution in [2.45, 2.75) is 18.2 Å². The van der Waals surface area contributed by atoms with Gasteiger partial charge in [-0.15, -0.1) is 0 Å². The largest absolute Gasteiger partial charge is 0.354 e. The summed E-state index contributed by atoms with van der Waals surface area (Å²) in [7, 11) is -5.24. The van der Waals surface area contributed by atoms with Crippen molar-refractivity contribution in [3.63, 3.8) is 0 Å². The minimum absolute atomic E-state index is 0.0930. The third-order valence-electron chi connectivity index (χ3n) is 4.60. The van der Waals surface area contributed by atoms with Gasteiger partial charge < -0.3 is 4.57 Å². The average molecular weight is 410 g/mol. The van der Waals surface area contributed by atoms with Gasteiger partial charge in [-0.2, -0.15) is 4.31 Å². The molecule has 9 heteroatoms. The number of sulfonamides is 2. The second kappa shape index (κ2) is 7.14. The van der Waals surface area contributed by atoms with Gasteiger partial charge in [0.25, 0.3) is 0 Å². The zero-order chi connectivity index (χ0) is 19.8. The summed E-state index contributed by atoms with van der Waals surface area (Å²) in [6.07, 6.45) is 4.88. The summed E-state index contributed by atoms with van der Waals surface area (Å²) in [4.78, 5) is 0.231.